The summed E-state index contributed by atoms with van der Waals surface area (Å²) < 4.78 is 0. The number of carboxylic acid groups (broad SMARTS) is 1. The van der Waals surface area contributed by atoms with Crippen molar-refractivity contribution in [3.05, 3.63) is 0 Å². The van der Waals surface area contributed by atoms with Crippen molar-refractivity contribution in [1.29, 1.82) is 0 Å². The summed E-state index contributed by atoms with van der Waals surface area (Å²) in [6.07, 6.45) is 4.08. The minimum Gasteiger partial charge on any atom is -0.480 e. The lowest BCUT2D eigenvalue weighted by molar-refractivity contribution is -0.153. The van der Waals surface area contributed by atoms with Crippen molar-refractivity contribution in [2.24, 2.45) is 17.6 Å². The largest absolute Gasteiger partial charge is 0.480 e. The Hall–Kier alpha value is -0.570. The zero-order chi connectivity index (χ0) is 8.06. The highest BCUT2D eigenvalue weighted by atomic mass is 16.4. The molecule has 0 aromatic heterocycles. The van der Waals surface area contributed by atoms with Crippen LogP contribution in [0.3, 0.4) is 0 Å². The normalized spacial score (nSPS) is 48.1. The van der Waals surface area contributed by atoms with E-state index in [9.17, 15) is 4.79 Å². The second-order valence-electron chi connectivity index (χ2n) is 3.85. The van der Waals surface area contributed by atoms with E-state index in [0.717, 1.165) is 6.42 Å². The fourth-order valence-corrected chi connectivity index (χ4v) is 2.63. The van der Waals surface area contributed by atoms with Gasteiger partial charge >= 0.3 is 5.97 Å². The van der Waals surface area contributed by atoms with Gasteiger partial charge in [0.25, 0.3) is 0 Å². The molecule has 2 aliphatic rings. The Labute approximate surface area is 65.6 Å². The van der Waals surface area contributed by atoms with Crippen LogP contribution in [0.25, 0.3) is 0 Å². The lowest BCUT2D eigenvalue weighted by Crippen LogP contribution is -2.63. The summed E-state index contributed by atoms with van der Waals surface area (Å²) >= 11 is 0. The first kappa shape index (κ1) is 7.10. The number of hydrogen-bond donors (Lipinski definition) is 2. The Morgan fingerprint density at radius 2 is 2.27 bits per heavy atom. The van der Waals surface area contributed by atoms with Crippen LogP contribution in [0.5, 0.6) is 0 Å². The quantitative estimate of drug-likeness (QED) is 0.582. The average Bonchev–Trinajstić information content (AvgIpc) is 2.29. The summed E-state index contributed by atoms with van der Waals surface area (Å²) in [5.41, 5.74) is 4.87. The molecule has 2 rings (SSSR count). The molecule has 2 fully saturated rings. The number of carbonyl (C=O) groups is 1. The third kappa shape index (κ3) is 0.745. The molecule has 2 aliphatic carbocycles. The van der Waals surface area contributed by atoms with Crippen molar-refractivity contribution in [3.63, 3.8) is 0 Å². The lowest BCUT2D eigenvalue weighted by Gasteiger charge is -2.46. The molecule has 3 unspecified atom stereocenters. The maximum atomic E-state index is 10.7. The standard InChI is InChI=1S/C8H13NO2/c9-8(7(10)11)4-5-2-1-3-6(5)8/h5-6H,1-4,9H2,(H,10,11). The maximum Gasteiger partial charge on any atom is 0.323 e. The molecule has 2 saturated carbocycles. The van der Waals surface area contributed by atoms with Gasteiger partial charge in [-0.1, -0.05) is 12.8 Å². The van der Waals surface area contributed by atoms with E-state index < -0.39 is 11.5 Å². The van der Waals surface area contributed by atoms with Crippen molar-refractivity contribution in [3.8, 4) is 0 Å². The van der Waals surface area contributed by atoms with Gasteiger partial charge in [-0.3, -0.25) is 4.79 Å². The molecular weight excluding hydrogens is 142 g/mol. The molecule has 0 radical (unpaired) electrons. The predicted molar refractivity (Wildman–Crippen MR) is 40.0 cm³/mol. The molecule has 0 amide bonds. The molecule has 0 spiro atoms. The zero-order valence-electron chi connectivity index (χ0n) is 6.42. The summed E-state index contributed by atoms with van der Waals surface area (Å²) in [5, 5.41) is 8.81. The van der Waals surface area contributed by atoms with E-state index in [-0.39, 0.29) is 5.92 Å². The van der Waals surface area contributed by atoms with Gasteiger partial charge < -0.3 is 10.8 Å². The van der Waals surface area contributed by atoms with Gasteiger partial charge in [0, 0.05) is 0 Å². The van der Waals surface area contributed by atoms with E-state index in [4.69, 9.17) is 10.8 Å². The van der Waals surface area contributed by atoms with Crippen LogP contribution < -0.4 is 5.73 Å². The SMILES string of the molecule is NC1(C(=O)O)CC2CCCC21. The monoisotopic (exact) mass is 155 g/mol. The van der Waals surface area contributed by atoms with Crippen molar-refractivity contribution >= 4 is 5.97 Å². The molecule has 3 atom stereocenters. The lowest BCUT2D eigenvalue weighted by atomic mass is 9.61. The maximum absolute atomic E-state index is 10.7. The highest BCUT2D eigenvalue weighted by molar-refractivity contribution is 5.80. The van der Waals surface area contributed by atoms with Gasteiger partial charge in [-0.25, -0.2) is 0 Å². The minimum atomic E-state index is -0.860. The van der Waals surface area contributed by atoms with E-state index in [1.54, 1.807) is 0 Å². The first-order valence-electron chi connectivity index (χ1n) is 4.17. The average molecular weight is 155 g/mol. The Kier molecular flexibility index (Phi) is 1.27. The summed E-state index contributed by atoms with van der Waals surface area (Å²) in [7, 11) is 0. The summed E-state index contributed by atoms with van der Waals surface area (Å²) in [6.45, 7) is 0. The minimum absolute atomic E-state index is 0.278. The molecule has 62 valence electrons. The number of hydrogen-bond acceptors (Lipinski definition) is 2. The Morgan fingerprint density at radius 1 is 1.55 bits per heavy atom. The Balaban J connectivity index is 2.14. The molecule has 3 nitrogen and oxygen atoms in total. The van der Waals surface area contributed by atoms with E-state index in [1.165, 1.54) is 12.8 Å². The van der Waals surface area contributed by atoms with Gasteiger partial charge in [0.2, 0.25) is 0 Å². The molecule has 0 bridgehead atoms. The Bertz CT molecular complexity index is 204. The molecule has 0 saturated heterocycles. The highest BCUT2D eigenvalue weighted by Crippen LogP contribution is 2.52. The van der Waals surface area contributed by atoms with Crippen LogP contribution in [0.2, 0.25) is 0 Å². The second-order valence-corrected chi connectivity index (χ2v) is 3.85. The summed E-state index contributed by atoms with van der Waals surface area (Å²) in [4.78, 5) is 10.7. The van der Waals surface area contributed by atoms with Crippen molar-refractivity contribution in [2.75, 3.05) is 0 Å². The molecule has 0 aromatic carbocycles. The fraction of sp³-hybridized carbons (Fsp3) is 0.875. The van der Waals surface area contributed by atoms with Gasteiger partial charge in [0.1, 0.15) is 5.54 Å². The van der Waals surface area contributed by atoms with Crippen LogP contribution >= 0.6 is 0 Å². The summed E-state index contributed by atoms with van der Waals surface area (Å²) in [5.74, 6) is 0.0942. The van der Waals surface area contributed by atoms with Gasteiger partial charge in [0.15, 0.2) is 0 Å². The van der Waals surface area contributed by atoms with Crippen molar-refractivity contribution in [2.45, 2.75) is 31.2 Å². The first-order valence-corrected chi connectivity index (χ1v) is 4.17. The smallest absolute Gasteiger partial charge is 0.323 e. The van der Waals surface area contributed by atoms with Gasteiger partial charge in [-0.2, -0.15) is 0 Å². The number of aliphatic carboxylic acids is 1. The third-order valence-electron chi connectivity index (χ3n) is 3.32. The van der Waals surface area contributed by atoms with E-state index in [0.29, 0.717) is 12.3 Å². The number of nitrogens with two attached hydrogens (primary N) is 1. The zero-order valence-corrected chi connectivity index (χ0v) is 6.42. The second kappa shape index (κ2) is 1.97. The highest BCUT2D eigenvalue weighted by Gasteiger charge is 2.57. The molecule has 3 heteroatoms. The van der Waals surface area contributed by atoms with Crippen LogP contribution in [0.1, 0.15) is 25.7 Å². The predicted octanol–water partition coefficient (Wildman–Crippen LogP) is 0.588. The van der Waals surface area contributed by atoms with Gasteiger partial charge in [0.05, 0.1) is 0 Å². The van der Waals surface area contributed by atoms with Crippen LogP contribution in [-0.2, 0) is 4.79 Å². The van der Waals surface area contributed by atoms with Crippen LogP contribution in [0.15, 0.2) is 0 Å². The summed E-state index contributed by atoms with van der Waals surface area (Å²) in [6, 6.07) is 0. The van der Waals surface area contributed by atoms with E-state index in [2.05, 4.69) is 0 Å². The number of carboxylic acids is 1. The Morgan fingerprint density at radius 3 is 2.82 bits per heavy atom. The van der Waals surface area contributed by atoms with Crippen molar-refractivity contribution in [1.82, 2.24) is 0 Å². The molecule has 0 aromatic rings. The molecule has 0 aliphatic heterocycles. The first-order chi connectivity index (χ1) is 5.14. The number of fused-ring (bicyclic) bond motifs is 1. The third-order valence-corrected chi connectivity index (χ3v) is 3.32. The molecule has 3 N–H and O–H groups in total. The van der Waals surface area contributed by atoms with Crippen molar-refractivity contribution < 1.29 is 9.90 Å². The fourth-order valence-electron chi connectivity index (χ4n) is 2.63. The topological polar surface area (TPSA) is 63.3 Å². The molecule has 11 heavy (non-hydrogen) atoms. The van der Waals surface area contributed by atoms with E-state index >= 15 is 0 Å². The van der Waals surface area contributed by atoms with Gasteiger partial charge in [-0.05, 0) is 24.7 Å². The number of rotatable bonds is 1. The molecular formula is C8H13NO2. The van der Waals surface area contributed by atoms with Crippen LogP contribution in [0, 0.1) is 11.8 Å². The van der Waals surface area contributed by atoms with Crippen LogP contribution in [0.4, 0.5) is 0 Å². The van der Waals surface area contributed by atoms with Crippen LogP contribution in [-0.4, -0.2) is 16.6 Å². The van der Waals surface area contributed by atoms with Gasteiger partial charge in [-0.15, -0.1) is 0 Å². The molecule has 0 heterocycles. The van der Waals surface area contributed by atoms with E-state index in [1.807, 2.05) is 0 Å².